The Labute approximate surface area is 135 Å². The van der Waals surface area contributed by atoms with Crippen LogP contribution in [-0.4, -0.2) is 15.7 Å². The van der Waals surface area contributed by atoms with Crippen molar-refractivity contribution in [2.45, 2.75) is 20.4 Å². The average Bonchev–Trinajstić information content (AvgIpc) is 2.95. The van der Waals surface area contributed by atoms with Gasteiger partial charge in [0.1, 0.15) is 0 Å². The third-order valence-corrected chi connectivity index (χ3v) is 3.79. The largest absolute Gasteiger partial charge is 0.348 e. The Morgan fingerprint density at radius 1 is 1.09 bits per heavy atom. The Bertz CT molecular complexity index is 822. The minimum Gasteiger partial charge on any atom is -0.348 e. The zero-order valence-electron chi connectivity index (χ0n) is 13.3. The van der Waals surface area contributed by atoms with E-state index >= 15 is 0 Å². The molecule has 0 saturated carbocycles. The van der Waals surface area contributed by atoms with Gasteiger partial charge in [-0.15, -0.1) is 0 Å². The van der Waals surface area contributed by atoms with Gasteiger partial charge in [0.25, 0.3) is 5.91 Å². The van der Waals surface area contributed by atoms with Gasteiger partial charge in [-0.25, -0.2) is 4.68 Å². The molecule has 4 heteroatoms. The predicted octanol–water partition coefficient (Wildman–Crippen LogP) is 3.42. The number of hydrogen-bond acceptors (Lipinski definition) is 2. The van der Waals surface area contributed by atoms with Gasteiger partial charge in [-0.05, 0) is 31.5 Å². The summed E-state index contributed by atoms with van der Waals surface area (Å²) in [5.74, 6) is -0.105. The molecule has 3 rings (SSSR count). The summed E-state index contributed by atoms with van der Waals surface area (Å²) in [6, 6.07) is 17.9. The molecule has 0 unspecified atom stereocenters. The van der Waals surface area contributed by atoms with E-state index in [1.807, 2.05) is 62.4 Å². The van der Waals surface area contributed by atoms with Crippen LogP contribution in [0.15, 0.2) is 60.8 Å². The third kappa shape index (κ3) is 3.31. The highest BCUT2D eigenvalue weighted by atomic mass is 16.1. The number of amides is 1. The van der Waals surface area contributed by atoms with Crippen molar-refractivity contribution < 1.29 is 4.79 Å². The van der Waals surface area contributed by atoms with Crippen LogP contribution >= 0.6 is 0 Å². The second kappa shape index (κ2) is 6.48. The number of para-hydroxylation sites is 1. The van der Waals surface area contributed by atoms with E-state index in [2.05, 4.69) is 16.5 Å². The lowest BCUT2D eigenvalue weighted by atomic mass is 10.1. The van der Waals surface area contributed by atoms with Crippen molar-refractivity contribution in [3.63, 3.8) is 0 Å². The highest BCUT2D eigenvalue weighted by Gasteiger charge is 2.14. The Morgan fingerprint density at radius 3 is 2.61 bits per heavy atom. The van der Waals surface area contributed by atoms with E-state index in [1.165, 1.54) is 5.56 Å². The molecule has 116 valence electrons. The van der Waals surface area contributed by atoms with Crippen molar-refractivity contribution in [2.24, 2.45) is 0 Å². The topological polar surface area (TPSA) is 46.9 Å². The second-order valence-corrected chi connectivity index (χ2v) is 5.56. The van der Waals surface area contributed by atoms with Crippen LogP contribution in [0.2, 0.25) is 0 Å². The molecule has 1 N–H and O–H groups in total. The van der Waals surface area contributed by atoms with Gasteiger partial charge in [0.2, 0.25) is 0 Å². The van der Waals surface area contributed by atoms with Crippen molar-refractivity contribution in [2.75, 3.05) is 0 Å². The molecule has 1 aromatic heterocycles. The summed E-state index contributed by atoms with van der Waals surface area (Å²) in [5.41, 5.74) is 4.65. The Hall–Kier alpha value is -2.88. The fraction of sp³-hybridized carbons (Fsp3) is 0.158. The summed E-state index contributed by atoms with van der Waals surface area (Å²) >= 11 is 0. The number of aryl methyl sites for hydroxylation is 1. The molecule has 0 fully saturated rings. The summed E-state index contributed by atoms with van der Waals surface area (Å²) in [7, 11) is 0. The Balaban J connectivity index is 1.75. The molecule has 23 heavy (non-hydrogen) atoms. The number of nitrogens with zero attached hydrogens (tertiary/aromatic N) is 2. The average molecular weight is 305 g/mol. The van der Waals surface area contributed by atoms with E-state index in [-0.39, 0.29) is 5.91 Å². The molecule has 0 aliphatic carbocycles. The van der Waals surface area contributed by atoms with Gasteiger partial charge < -0.3 is 5.32 Å². The van der Waals surface area contributed by atoms with Crippen LogP contribution in [0.4, 0.5) is 0 Å². The molecular formula is C19H19N3O. The molecule has 0 bridgehead atoms. The van der Waals surface area contributed by atoms with E-state index in [9.17, 15) is 4.79 Å². The second-order valence-electron chi connectivity index (χ2n) is 5.56. The highest BCUT2D eigenvalue weighted by molar-refractivity contribution is 5.95. The normalized spacial score (nSPS) is 10.5. The van der Waals surface area contributed by atoms with E-state index in [1.54, 1.807) is 10.9 Å². The number of hydrogen-bond donors (Lipinski definition) is 1. The van der Waals surface area contributed by atoms with Crippen LogP contribution in [-0.2, 0) is 6.54 Å². The number of carbonyl (C=O) groups is 1. The maximum atomic E-state index is 12.4. The smallest absolute Gasteiger partial charge is 0.255 e. The zero-order chi connectivity index (χ0) is 16.2. The first kappa shape index (κ1) is 15.0. The molecule has 0 aliphatic heterocycles. The van der Waals surface area contributed by atoms with E-state index < -0.39 is 0 Å². The van der Waals surface area contributed by atoms with Crippen LogP contribution < -0.4 is 5.32 Å². The van der Waals surface area contributed by atoms with E-state index in [0.717, 1.165) is 16.9 Å². The molecule has 0 atom stereocenters. The van der Waals surface area contributed by atoms with Crippen LogP contribution in [0.1, 0.15) is 27.2 Å². The first-order valence-electron chi connectivity index (χ1n) is 7.59. The number of benzene rings is 2. The lowest BCUT2D eigenvalue weighted by Crippen LogP contribution is -2.23. The quantitative estimate of drug-likeness (QED) is 0.803. The van der Waals surface area contributed by atoms with Crippen molar-refractivity contribution in [1.29, 1.82) is 0 Å². The fourth-order valence-corrected chi connectivity index (χ4v) is 2.56. The first-order valence-corrected chi connectivity index (χ1v) is 7.59. The molecule has 0 spiro atoms. The van der Waals surface area contributed by atoms with Crippen molar-refractivity contribution >= 4 is 5.91 Å². The zero-order valence-corrected chi connectivity index (χ0v) is 13.3. The lowest BCUT2D eigenvalue weighted by Gasteiger charge is -2.07. The van der Waals surface area contributed by atoms with Crippen LogP contribution in [0.5, 0.6) is 0 Å². The number of aromatic nitrogens is 2. The van der Waals surface area contributed by atoms with Gasteiger partial charge >= 0.3 is 0 Å². The molecular weight excluding hydrogens is 286 g/mol. The maximum absolute atomic E-state index is 12.4. The SMILES string of the molecule is Cc1cccc(CNC(=O)c2cnn(-c3ccccc3)c2C)c1. The van der Waals surface area contributed by atoms with Crippen LogP contribution in [0, 0.1) is 13.8 Å². The Morgan fingerprint density at radius 2 is 1.87 bits per heavy atom. The summed E-state index contributed by atoms with van der Waals surface area (Å²) in [6.07, 6.45) is 1.62. The van der Waals surface area contributed by atoms with Gasteiger partial charge in [0, 0.05) is 6.54 Å². The van der Waals surface area contributed by atoms with Gasteiger partial charge in [0.15, 0.2) is 0 Å². The van der Waals surface area contributed by atoms with Gasteiger partial charge in [0.05, 0.1) is 23.1 Å². The molecule has 0 saturated heterocycles. The Kier molecular flexibility index (Phi) is 4.24. The van der Waals surface area contributed by atoms with Gasteiger partial charge in [-0.3, -0.25) is 4.79 Å². The monoisotopic (exact) mass is 305 g/mol. The molecule has 1 heterocycles. The van der Waals surface area contributed by atoms with Crippen LogP contribution in [0.3, 0.4) is 0 Å². The summed E-state index contributed by atoms with van der Waals surface area (Å²) in [5, 5.41) is 7.29. The minimum absolute atomic E-state index is 0.105. The van der Waals surface area contributed by atoms with Gasteiger partial charge in [-0.2, -0.15) is 5.10 Å². The first-order chi connectivity index (χ1) is 11.1. The summed E-state index contributed by atoms with van der Waals surface area (Å²) in [4.78, 5) is 12.4. The number of carbonyl (C=O) groups excluding carboxylic acids is 1. The van der Waals surface area contributed by atoms with Crippen molar-refractivity contribution in [3.8, 4) is 5.69 Å². The lowest BCUT2D eigenvalue weighted by molar-refractivity contribution is 0.0950. The number of rotatable bonds is 4. The van der Waals surface area contributed by atoms with E-state index in [4.69, 9.17) is 0 Å². The summed E-state index contributed by atoms with van der Waals surface area (Å²) < 4.78 is 1.78. The predicted molar refractivity (Wildman–Crippen MR) is 90.7 cm³/mol. The molecule has 3 aromatic rings. The molecule has 2 aromatic carbocycles. The molecule has 0 aliphatic rings. The molecule has 4 nitrogen and oxygen atoms in total. The summed E-state index contributed by atoms with van der Waals surface area (Å²) in [6.45, 7) is 4.46. The highest BCUT2D eigenvalue weighted by Crippen LogP contribution is 2.14. The maximum Gasteiger partial charge on any atom is 0.255 e. The number of nitrogens with one attached hydrogen (secondary N) is 1. The standard InChI is InChI=1S/C19H19N3O/c1-14-7-6-8-16(11-14)12-20-19(23)18-13-21-22(15(18)2)17-9-4-3-5-10-17/h3-11,13H,12H2,1-2H3,(H,20,23). The van der Waals surface area contributed by atoms with Crippen molar-refractivity contribution in [3.05, 3.63) is 83.2 Å². The van der Waals surface area contributed by atoms with Gasteiger partial charge in [-0.1, -0.05) is 48.0 Å². The fourth-order valence-electron chi connectivity index (χ4n) is 2.56. The van der Waals surface area contributed by atoms with Crippen molar-refractivity contribution in [1.82, 2.24) is 15.1 Å². The third-order valence-electron chi connectivity index (χ3n) is 3.79. The van der Waals surface area contributed by atoms with Crippen LogP contribution in [0.25, 0.3) is 5.69 Å². The van der Waals surface area contributed by atoms with E-state index in [0.29, 0.717) is 12.1 Å². The minimum atomic E-state index is -0.105. The molecule has 0 radical (unpaired) electrons. The molecule has 1 amide bonds.